The zero-order valence-electron chi connectivity index (χ0n) is 12.9. The van der Waals surface area contributed by atoms with Crippen molar-refractivity contribution in [1.82, 2.24) is 4.31 Å². The molecule has 0 atom stereocenters. The molecule has 2 heterocycles. The van der Waals surface area contributed by atoms with Gasteiger partial charge in [0.05, 0.1) is 18.2 Å². The van der Waals surface area contributed by atoms with Crippen molar-refractivity contribution < 1.29 is 22.4 Å². The Labute approximate surface area is 158 Å². The van der Waals surface area contributed by atoms with Gasteiger partial charge in [-0.05, 0) is 46.3 Å². The number of morpholine rings is 1. The summed E-state index contributed by atoms with van der Waals surface area (Å²) >= 11 is 9.20. The summed E-state index contributed by atoms with van der Waals surface area (Å²) in [7, 11) is -3.77. The minimum atomic E-state index is -3.77. The maximum absolute atomic E-state index is 12.8. The van der Waals surface area contributed by atoms with Crippen LogP contribution in [0.4, 0.5) is 5.69 Å². The van der Waals surface area contributed by atoms with Crippen LogP contribution in [-0.2, 0) is 14.8 Å². The molecule has 1 fully saturated rings. The number of nitrogens with zero attached hydrogens (tertiary/aromatic N) is 1. The van der Waals surface area contributed by atoms with Crippen molar-refractivity contribution in [2.24, 2.45) is 0 Å². The van der Waals surface area contributed by atoms with Gasteiger partial charge in [0.25, 0.3) is 5.91 Å². The van der Waals surface area contributed by atoms with E-state index >= 15 is 0 Å². The van der Waals surface area contributed by atoms with Crippen LogP contribution in [0.5, 0.6) is 0 Å². The van der Waals surface area contributed by atoms with Gasteiger partial charge in [0.1, 0.15) is 4.90 Å². The van der Waals surface area contributed by atoms with Crippen LogP contribution < -0.4 is 5.32 Å². The van der Waals surface area contributed by atoms with E-state index < -0.39 is 15.9 Å². The number of hydrogen-bond donors (Lipinski definition) is 1. The molecule has 134 valence electrons. The Bertz CT molecular complexity index is 893. The summed E-state index contributed by atoms with van der Waals surface area (Å²) in [5.41, 5.74) is 0.300. The summed E-state index contributed by atoms with van der Waals surface area (Å²) in [6.45, 7) is 1.19. The second kappa shape index (κ2) is 7.46. The monoisotopic (exact) mass is 448 g/mol. The van der Waals surface area contributed by atoms with Gasteiger partial charge in [-0.3, -0.25) is 4.79 Å². The smallest absolute Gasteiger partial charge is 0.291 e. The van der Waals surface area contributed by atoms with Crippen LogP contribution in [0.25, 0.3) is 0 Å². The molecule has 1 aliphatic rings. The number of amides is 1. The molecule has 1 aliphatic heterocycles. The zero-order chi connectivity index (χ0) is 18.0. The minimum absolute atomic E-state index is 0.0607. The SMILES string of the molecule is O=C(Nc1ccc(Cl)c(S(=O)(=O)N2CCOCC2)c1)c1ccc(Br)o1. The van der Waals surface area contributed by atoms with Crippen LogP contribution in [0, 0.1) is 0 Å². The van der Waals surface area contributed by atoms with E-state index in [9.17, 15) is 13.2 Å². The van der Waals surface area contributed by atoms with Crippen molar-refractivity contribution in [3.8, 4) is 0 Å². The van der Waals surface area contributed by atoms with E-state index in [1.165, 1.54) is 28.6 Å². The minimum Gasteiger partial charge on any atom is -0.444 e. The van der Waals surface area contributed by atoms with Crippen LogP contribution >= 0.6 is 27.5 Å². The van der Waals surface area contributed by atoms with Gasteiger partial charge in [-0.25, -0.2) is 8.42 Å². The Balaban J connectivity index is 1.86. The fraction of sp³-hybridized carbons (Fsp3) is 0.267. The van der Waals surface area contributed by atoms with Gasteiger partial charge in [-0.15, -0.1) is 0 Å². The van der Waals surface area contributed by atoms with Crippen LogP contribution in [0.3, 0.4) is 0 Å². The number of nitrogens with one attached hydrogen (secondary N) is 1. The molecule has 1 saturated heterocycles. The first-order chi connectivity index (χ1) is 11.9. The van der Waals surface area contributed by atoms with E-state index in [4.69, 9.17) is 20.8 Å². The van der Waals surface area contributed by atoms with E-state index in [0.717, 1.165) is 0 Å². The molecule has 1 aromatic heterocycles. The molecule has 25 heavy (non-hydrogen) atoms. The van der Waals surface area contributed by atoms with Gasteiger partial charge in [0.15, 0.2) is 10.4 Å². The van der Waals surface area contributed by atoms with Gasteiger partial charge >= 0.3 is 0 Å². The molecule has 0 unspecified atom stereocenters. The van der Waals surface area contributed by atoms with Crippen molar-refractivity contribution in [2.75, 3.05) is 31.6 Å². The average Bonchev–Trinajstić information content (AvgIpc) is 3.04. The summed E-state index contributed by atoms with van der Waals surface area (Å²) in [4.78, 5) is 12.1. The highest BCUT2D eigenvalue weighted by atomic mass is 79.9. The number of halogens is 2. The van der Waals surface area contributed by atoms with E-state index in [1.54, 1.807) is 6.07 Å². The molecule has 0 aliphatic carbocycles. The number of carbonyl (C=O) groups is 1. The Kier molecular flexibility index (Phi) is 5.49. The molecule has 7 nitrogen and oxygen atoms in total. The number of anilines is 1. The first-order valence-electron chi connectivity index (χ1n) is 7.32. The topological polar surface area (TPSA) is 88.9 Å². The van der Waals surface area contributed by atoms with E-state index in [-0.39, 0.29) is 28.8 Å². The highest BCUT2D eigenvalue weighted by molar-refractivity contribution is 9.10. The standard InChI is InChI=1S/C15H14BrClN2O5S/c16-14-4-3-12(24-14)15(20)18-10-1-2-11(17)13(9-10)25(21,22)19-5-7-23-8-6-19/h1-4,9H,5-8H2,(H,18,20). The van der Waals surface area contributed by atoms with Crippen LogP contribution in [-0.4, -0.2) is 44.9 Å². The molecule has 3 rings (SSSR count). The van der Waals surface area contributed by atoms with Crippen molar-refractivity contribution in [3.63, 3.8) is 0 Å². The maximum atomic E-state index is 12.8. The second-order valence-corrected chi connectivity index (χ2v) is 8.31. The van der Waals surface area contributed by atoms with Crippen molar-refractivity contribution in [3.05, 3.63) is 45.8 Å². The molecular weight excluding hydrogens is 436 g/mol. The molecular formula is C15H14BrClN2O5S. The normalized spacial score (nSPS) is 15.9. The van der Waals surface area contributed by atoms with Gasteiger partial charge in [-0.1, -0.05) is 11.6 Å². The van der Waals surface area contributed by atoms with Crippen LogP contribution in [0.2, 0.25) is 5.02 Å². The molecule has 0 saturated carbocycles. The summed E-state index contributed by atoms with van der Waals surface area (Å²) in [6, 6.07) is 7.38. The van der Waals surface area contributed by atoms with Crippen molar-refractivity contribution >= 4 is 49.1 Å². The van der Waals surface area contributed by atoms with E-state index in [2.05, 4.69) is 21.2 Å². The lowest BCUT2D eigenvalue weighted by molar-refractivity contribution is 0.0730. The third-order valence-corrected chi connectivity index (χ3v) is 6.38. The fourth-order valence-corrected chi connectivity index (χ4v) is 4.55. The lowest BCUT2D eigenvalue weighted by Gasteiger charge is -2.26. The summed E-state index contributed by atoms with van der Waals surface area (Å²) in [5.74, 6) is -0.401. The summed E-state index contributed by atoms with van der Waals surface area (Å²) < 4.78 is 37.6. The lowest BCUT2D eigenvalue weighted by atomic mass is 10.3. The molecule has 1 N–H and O–H groups in total. The Morgan fingerprint density at radius 1 is 1.20 bits per heavy atom. The Morgan fingerprint density at radius 3 is 2.56 bits per heavy atom. The summed E-state index contributed by atoms with van der Waals surface area (Å²) in [6.07, 6.45) is 0. The fourth-order valence-electron chi connectivity index (χ4n) is 2.33. The molecule has 0 radical (unpaired) electrons. The number of furan rings is 1. The molecule has 0 bridgehead atoms. The molecule has 1 amide bonds. The first kappa shape index (κ1) is 18.4. The first-order valence-corrected chi connectivity index (χ1v) is 9.93. The quantitative estimate of drug-likeness (QED) is 0.775. The molecule has 1 aromatic carbocycles. The number of rotatable bonds is 4. The predicted octanol–water partition coefficient (Wildman–Crippen LogP) is 2.97. The Hall–Kier alpha value is -1.39. The van der Waals surface area contributed by atoms with Gasteiger partial charge in [-0.2, -0.15) is 4.31 Å². The number of hydrogen-bond acceptors (Lipinski definition) is 5. The van der Waals surface area contributed by atoms with E-state index in [0.29, 0.717) is 23.6 Å². The highest BCUT2D eigenvalue weighted by Crippen LogP contribution is 2.28. The van der Waals surface area contributed by atoms with Gasteiger partial charge in [0.2, 0.25) is 10.0 Å². The Morgan fingerprint density at radius 2 is 1.92 bits per heavy atom. The number of ether oxygens (including phenoxy) is 1. The predicted molar refractivity (Wildman–Crippen MR) is 95.4 cm³/mol. The number of carbonyl (C=O) groups excluding carboxylic acids is 1. The van der Waals surface area contributed by atoms with Crippen LogP contribution in [0.15, 0.2) is 44.3 Å². The highest BCUT2D eigenvalue weighted by Gasteiger charge is 2.28. The lowest BCUT2D eigenvalue weighted by Crippen LogP contribution is -2.40. The zero-order valence-corrected chi connectivity index (χ0v) is 16.0. The average molecular weight is 450 g/mol. The number of sulfonamides is 1. The van der Waals surface area contributed by atoms with Gasteiger partial charge in [0, 0.05) is 18.8 Å². The molecule has 10 heteroatoms. The van der Waals surface area contributed by atoms with E-state index in [1.807, 2.05) is 0 Å². The number of benzene rings is 1. The maximum Gasteiger partial charge on any atom is 0.291 e. The summed E-state index contributed by atoms with van der Waals surface area (Å²) in [5, 5.41) is 2.68. The third kappa shape index (κ3) is 4.06. The largest absolute Gasteiger partial charge is 0.444 e. The molecule has 0 spiro atoms. The van der Waals surface area contributed by atoms with Crippen molar-refractivity contribution in [2.45, 2.75) is 4.90 Å². The molecule has 2 aromatic rings. The van der Waals surface area contributed by atoms with Crippen LogP contribution in [0.1, 0.15) is 10.6 Å². The second-order valence-electron chi connectivity index (χ2n) is 5.22. The third-order valence-electron chi connectivity index (χ3n) is 3.57. The van der Waals surface area contributed by atoms with Crippen molar-refractivity contribution in [1.29, 1.82) is 0 Å². The van der Waals surface area contributed by atoms with Gasteiger partial charge < -0.3 is 14.5 Å².